The molecule has 0 fully saturated rings. The van der Waals surface area contributed by atoms with Crippen molar-refractivity contribution in [1.29, 1.82) is 0 Å². The Hall–Kier alpha value is -2.84. The normalized spacial score (nSPS) is 13.3. The van der Waals surface area contributed by atoms with Crippen molar-refractivity contribution < 1.29 is 9.59 Å². The average Bonchev–Trinajstić information content (AvgIpc) is 3.15. The number of nitrogens with two attached hydrogens (primary N) is 1. The van der Waals surface area contributed by atoms with E-state index >= 15 is 0 Å². The molecular weight excluding hydrogens is 386 g/mol. The van der Waals surface area contributed by atoms with Gasteiger partial charge in [0.05, 0.1) is 11.1 Å². The van der Waals surface area contributed by atoms with Crippen LogP contribution in [0.2, 0.25) is 5.02 Å². The molecular formula is C18H14ClN5O2S. The van der Waals surface area contributed by atoms with Crippen LogP contribution >= 0.6 is 23.4 Å². The van der Waals surface area contributed by atoms with Gasteiger partial charge in [-0.1, -0.05) is 47.6 Å². The van der Waals surface area contributed by atoms with Gasteiger partial charge >= 0.3 is 0 Å². The molecule has 3 aromatic rings. The summed E-state index contributed by atoms with van der Waals surface area (Å²) < 4.78 is 1.37. The van der Waals surface area contributed by atoms with Crippen LogP contribution in [0.25, 0.3) is 11.4 Å². The Bertz CT molecular complexity index is 1020. The number of halogens is 1. The number of hydrogen-bond donors (Lipinski definition) is 1. The topological polar surface area (TPSA) is 94.1 Å². The SMILES string of the molecule is Nn1c(SCCN2C(=O)c3ccccc3C2=O)nnc1-c1cccc(Cl)c1. The molecule has 27 heavy (non-hydrogen) atoms. The van der Waals surface area contributed by atoms with E-state index in [9.17, 15) is 9.59 Å². The summed E-state index contributed by atoms with van der Waals surface area (Å²) in [6, 6.07) is 14.0. The maximum atomic E-state index is 12.4. The minimum absolute atomic E-state index is 0.260. The number of benzene rings is 2. The zero-order valence-corrected chi connectivity index (χ0v) is 15.6. The first-order valence-corrected chi connectivity index (χ1v) is 9.47. The summed E-state index contributed by atoms with van der Waals surface area (Å²) in [6.45, 7) is 0.260. The van der Waals surface area contributed by atoms with E-state index in [1.807, 2.05) is 6.07 Å². The lowest BCUT2D eigenvalue weighted by atomic mass is 10.1. The Kier molecular flexibility index (Phi) is 4.59. The minimum atomic E-state index is -0.273. The van der Waals surface area contributed by atoms with E-state index in [1.165, 1.54) is 21.3 Å². The van der Waals surface area contributed by atoms with Gasteiger partial charge in [0.2, 0.25) is 5.16 Å². The van der Waals surface area contributed by atoms with Crippen molar-refractivity contribution in [2.75, 3.05) is 18.1 Å². The van der Waals surface area contributed by atoms with Gasteiger partial charge < -0.3 is 5.84 Å². The summed E-state index contributed by atoms with van der Waals surface area (Å²) in [5.74, 6) is 6.48. The third-order valence-corrected chi connectivity index (χ3v) is 5.33. The van der Waals surface area contributed by atoms with Gasteiger partial charge in [0.1, 0.15) is 0 Å². The molecule has 9 heteroatoms. The fourth-order valence-electron chi connectivity index (χ4n) is 2.87. The molecule has 7 nitrogen and oxygen atoms in total. The largest absolute Gasteiger partial charge is 0.335 e. The van der Waals surface area contributed by atoms with Gasteiger partial charge in [-0.05, 0) is 24.3 Å². The summed E-state index contributed by atoms with van der Waals surface area (Å²) in [4.78, 5) is 26.0. The van der Waals surface area contributed by atoms with Gasteiger partial charge in [0.15, 0.2) is 5.82 Å². The first-order valence-electron chi connectivity index (χ1n) is 8.10. The van der Waals surface area contributed by atoms with Crippen molar-refractivity contribution in [3.05, 3.63) is 64.7 Å². The predicted octanol–water partition coefficient (Wildman–Crippen LogP) is 2.70. The lowest BCUT2D eigenvalue weighted by molar-refractivity contribution is 0.0664. The van der Waals surface area contributed by atoms with E-state index < -0.39 is 0 Å². The third kappa shape index (κ3) is 3.17. The number of rotatable bonds is 5. The maximum Gasteiger partial charge on any atom is 0.261 e. The summed E-state index contributed by atoms with van der Waals surface area (Å²) in [6.07, 6.45) is 0. The molecule has 0 saturated carbocycles. The van der Waals surface area contributed by atoms with Crippen LogP contribution < -0.4 is 5.84 Å². The fourth-order valence-corrected chi connectivity index (χ4v) is 3.84. The first kappa shape index (κ1) is 17.6. The van der Waals surface area contributed by atoms with Gasteiger partial charge in [0.25, 0.3) is 11.8 Å². The molecule has 0 radical (unpaired) electrons. The van der Waals surface area contributed by atoms with Gasteiger partial charge in [-0.15, -0.1) is 10.2 Å². The monoisotopic (exact) mass is 399 g/mol. The lowest BCUT2D eigenvalue weighted by Gasteiger charge is -2.12. The highest BCUT2D eigenvalue weighted by Crippen LogP contribution is 2.26. The number of nitrogens with zero attached hydrogens (tertiary/aromatic N) is 4. The molecule has 1 aliphatic heterocycles. The Morgan fingerprint density at radius 3 is 2.37 bits per heavy atom. The number of fused-ring (bicyclic) bond motifs is 1. The zero-order chi connectivity index (χ0) is 19.0. The molecule has 0 spiro atoms. The van der Waals surface area contributed by atoms with Crippen LogP contribution in [0.5, 0.6) is 0 Å². The second-order valence-electron chi connectivity index (χ2n) is 5.84. The van der Waals surface area contributed by atoms with Gasteiger partial charge in [-0.25, -0.2) is 4.68 Å². The molecule has 2 heterocycles. The number of thioether (sulfide) groups is 1. The second kappa shape index (κ2) is 7.05. The molecule has 1 aromatic heterocycles. The average molecular weight is 400 g/mol. The van der Waals surface area contributed by atoms with E-state index in [1.54, 1.807) is 42.5 Å². The highest BCUT2D eigenvalue weighted by atomic mass is 35.5. The highest BCUT2D eigenvalue weighted by Gasteiger charge is 2.34. The van der Waals surface area contributed by atoms with Gasteiger partial charge in [0, 0.05) is 22.9 Å². The zero-order valence-electron chi connectivity index (χ0n) is 14.0. The Labute approximate surface area is 164 Å². The van der Waals surface area contributed by atoms with Crippen LogP contribution in [0.4, 0.5) is 0 Å². The Morgan fingerprint density at radius 1 is 1.00 bits per heavy atom. The van der Waals surface area contributed by atoms with Crippen LogP contribution in [0.15, 0.2) is 53.7 Å². The third-order valence-electron chi connectivity index (χ3n) is 4.17. The Balaban J connectivity index is 1.44. The van der Waals surface area contributed by atoms with Crippen LogP contribution in [-0.2, 0) is 0 Å². The van der Waals surface area contributed by atoms with E-state index in [-0.39, 0.29) is 18.4 Å². The number of hydrogen-bond acceptors (Lipinski definition) is 6. The van der Waals surface area contributed by atoms with Crippen molar-refractivity contribution in [1.82, 2.24) is 19.8 Å². The number of amides is 2. The molecule has 2 amide bonds. The van der Waals surface area contributed by atoms with Crippen molar-refractivity contribution in [2.24, 2.45) is 0 Å². The minimum Gasteiger partial charge on any atom is -0.335 e. The van der Waals surface area contributed by atoms with E-state index in [0.29, 0.717) is 32.9 Å². The number of imide groups is 1. The number of carbonyl (C=O) groups is 2. The predicted molar refractivity (Wildman–Crippen MR) is 103 cm³/mol. The van der Waals surface area contributed by atoms with E-state index in [4.69, 9.17) is 17.4 Å². The van der Waals surface area contributed by atoms with Gasteiger partial charge in [-0.3, -0.25) is 14.5 Å². The van der Waals surface area contributed by atoms with Crippen LogP contribution in [0, 0.1) is 0 Å². The lowest BCUT2D eigenvalue weighted by Crippen LogP contribution is -2.32. The molecule has 0 bridgehead atoms. The number of aromatic nitrogens is 3. The van der Waals surface area contributed by atoms with Crippen molar-refractivity contribution in [2.45, 2.75) is 5.16 Å². The molecule has 0 saturated heterocycles. The van der Waals surface area contributed by atoms with Crippen molar-refractivity contribution in [3.63, 3.8) is 0 Å². The highest BCUT2D eigenvalue weighted by molar-refractivity contribution is 7.99. The van der Waals surface area contributed by atoms with E-state index in [0.717, 1.165) is 5.56 Å². The molecule has 0 unspecified atom stereocenters. The summed E-state index contributed by atoms with van der Waals surface area (Å²) in [5.41, 5.74) is 1.64. The van der Waals surface area contributed by atoms with Crippen molar-refractivity contribution in [3.8, 4) is 11.4 Å². The fraction of sp³-hybridized carbons (Fsp3) is 0.111. The molecule has 0 atom stereocenters. The van der Waals surface area contributed by atoms with Crippen LogP contribution in [0.3, 0.4) is 0 Å². The van der Waals surface area contributed by atoms with Crippen LogP contribution in [0.1, 0.15) is 20.7 Å². The summed E-state index contributed by atoms with van der Waals surface area (Å²) >= 11 is 7.32. The maximum absolute atomic E-state index is 12.4. The van der Waals surface area contributed by atoms with Gasteiger partial charge in [-0.2, -0.15) is 0 Å². The molecule has 2 aromatic carbocycles. The summed E-state index contributed by atoms with van der Waals surface area (Å²) in [7, 11) is 0. The number of nitrogen functional groups attached to an aromatic ring is 1. The smallest absolute Gasteiger partial charge is 0.261 e. The molecule has 0 aliphatic carbocycles. The Morgan fingerprint density at radius 2 is 1.70 bits per heavy atom. The van der Waals surface area contributed by atoms with Crippen LogP contribution in [-0.4, -0.2) is 43.9 Å². The van der Waals surface area contributed by atoms with E-state index in [2.05, 4.69) is 10.2 Å². The molecule has 136 valence electrons. The second-order valence-corrected chi connectivity index (χ2v) is 7.34. The molecule has 4 rings (SSSR count). The molecule has 1 aliphatic rings. The first-order chi connectivity index (χ1) is 13.1. The number of carbonyl (C=O) groups excluding carboxylic acids is 2. The summed E-state index contributed by atoms with van der Waals surface area (Å²) in [5, 5.41) is 9.25. The standard InChI is InChI=1S/C18H14ClN5O2S/c19-12-5-3-4-11(10-12)15-21-22-18(24(15)20)27-9-8-23-16(25)13-6-1-2-7-14(13)17(23)26/h1-7,10H,8-9,20H2. The van der Waals surface area contributed by atoms with Crippen molar-refractivity contribution >= 4 is 35.2 Å². The quantitative estimate of drug-likeness (QED) is 0.402. The molecule has 2 N–H and O–H groups in total.